The van der Waals surface area contributed by atoms with Crippen LogP contribution in [0, 0.1) is 18.3 Å². The molecule has 0 radical (unpaired) electrons. The molecule has 7 nitrogen and oxygen atoms in total. The van der Waals surface area contributed by atoms with Gasteiger partial charge in [0.1, 0.15) is 17.6 Å². The Bertz CT molecular complexity index is 1300. The van der Waals surface area contributed by atoms with Gasteiger partial charge in [0.2, 0.25) is 0 Å². The predicted octanol–water partition coefficient (Wildman–Crippen LogP) is 6.14. The first kappa shape index (κ1) is 27.7. The average molecular weight is 634 g/mol. The Labute approximate surface area is 238 Å². The van der Waals surface area contributed by atoms with Gasteiger partial charge in [-0.3, -0.25) is 8.10 Å². The Morgan fingerprint density at radius 2 is 1.92 bits per heavy atom. The number of halogens is 2. The number of aromatic nitrogens is 1. The van der Waals surface area contributed by atoms with Crippen molar-refractivity contribution in [1.82, 2.24) is 14.8 Å². The molecule has 37 heavy (non-hydrogen) atoms. The number of aryl methyl sites for hydroxylation is 2. The van der Waals surface area contributed by atoms with E-state index in [4.69, 9.17) is 21.1 Å². The molecular weight excluding hydrogens is 601 g/mol. The lowest BCUT2D eigenvalue weighted by Crippen LogP contribution is -2.44. The lowest BCUT2D eigenvalue weighted by Gasteiger charge is -2.32. The number of nitrogens with zero attached hydrogens (tertiary/aromatic N) is 5. The maximum Gasteiger partial charge on any atom is 0.139 e. The van der Waals surface area contributed by atoms with Crippen LogP contribution in [0.15, 0.2) is 30.5 Å². The molecule has 2 aromatic carbocycles. The van der Waals surface area contributed by atoms with E-state index >= 15 is 0 Å². The van der Waals surface area contributed by atoms with E-state index in [1.54, 1.807) is 13.3 Å². The van der Waals surface area contributed by atoms with Crippen LogP contribution in [0.3, 0.4) is 0 Å². The van der Waals surface area contributed by atoms with E-state index < -0.39 is 0 Å². The summed E-state index contributed by atoms with van der Waals surface area (Å²) in [7, 11) is 3.77. The Hall–Kier alpha value is -2.32. The molecule has 1 aliphatic heterocycles. The highest BCUT2D eigenvalue weighted by atomic mass is 127. The van der Waals surface area contributed by atoms with Gasteiger partial charge in [-0.2, -0.15) is 5.26 Å². The minimum absolute atomic E-state index is 0.498. The molecule has 2 heterocycles. The minimum Gasteiger partial charge on any atom is -0.495 e. The van der Waals surface area contributed by atoms with Crippen molar-refractivity contribution >= 4 is 56.7 Å². The second-order valence-electron chi connectivity index (χ2n) is 9.36. The fraction of sp³-hybridized carbons (Fsp3) is 0.429. The van der Waals surface area contributed by atoms with Gasteiger partial charge in [-0.15, -0.1) is 0 Å². The van der Waals surface area contributed by atoms with Crippen molar-refractivity contribution in [1.29, 1.82) is 5.26 Å². The summed E-state index contributed by atoms with van der Waals surface area (Å²) >= 11 is 8.58. The number of nitriles is 1. The van der Waals surface area contributed by atoms with Crippen LogP contribution in [0.4, 0.5) is 11.4 Å². The third-order valence-corrected chi connectivity index (χ3v) is 8.17. The van der Waals surface area contributed by atoms with Crippen molar-refractivity contribution in [2.24, 2.45) is 0 Å². The third kappa shape index (κ3) is 6.23. The Morgan fingerprint density at radius 3 is 2.59 bits per heavy atom. The first-order chi connectivity index (χ1) is 17.9. The van der Waals surface area contributed by atoms with Crippen molar-refractivity contribution in [3.8, 4) is 17.6 Å². The first-order valence-corrected chi connectivity index (χ1v) is 13.9. The molecule has 0 bridgehead atoms. The topological polar surface area (TPSA) is 64.9 Å². The SMILES string of the molecule is CCc1cc2c(N(I)c3cc(OC)c(Cl)cc3C)c(C#N)cnc2cc1OCCCN1CCN(C)CC1. The van der Waals surface area contributed by atoms with Crippen molar-refractivity contribution in [2.75, 3.05) is 56.6 Å². The van der Waals surface area contributed by atoms with Gasteiger partial charge in [0, 0.05) is 56.4 Å². The van der Waals surface area contributed by atoms with Crippen LogP contribution in [-0.4, -0.2) is 68.3 Å². The van der Waals surface area contributed by atoms with Crippen LogP contribution < -0.4 is 12.6 Å². The standard InChI is InChI=1S/C28H33ClIN5O2/c1-5-20-14-22-24(15-26(20)37-12-6-7-34-10-8-33(3)9-11-34)32-18-21(17-31)28(22)35(30)25-16-27(36-4)23(29)13-19(25)2/h13-16,18H,5-12H2,1-4H3. The Balaban J connectivity index is 1.62. The molecule has 1 saturated heterocycles. The number of methoxy groups -OCH3 is 1. The number of hydrogen-bond acceptors (Lipinski definition) is 7. The quantitative estimate of drug-likeness (QED) is 0.159. The fourth-order valence-corrected chi connectivity index (χ4v) is 5.96. The first-order valence-electron chi connectivity index (χ1n) is 12.6. The van der Waals surface area contributed by atoms with Crippen LogP contribution in [0.5, 0.6) is 11.5 Å². The molecule has 0 amide bonds. The Kier molecular flexibility index (Phi) is 9.35. The zero-order valence-electron chi connectivity index (χ0n) is 21.9. The number of pyridine rings is 1. The summed E-state index contributed by atoms with van der Waals surface area (Å²) < 4.78 is 13.7. The summed E-state index contributed by atoms with van der Waals surface area (Å²) in [6.45, 7) is 10.3. The van der Waals surface area contributed by atoms with Gasteiger partial charge in [-0.05, 0) is 50.1 Å². The maximum absolute atomic E-state index is 9.94. The number of hydrogen-bond donors (Lipinski definition) is 0. The number of likely N-dealkylation sites (N-methyl/N-ethyl adjacent to an activating group) is 1. The van der Waals surface area contributed by atoms with Crippen LogP contribution in [0.25, 0.3) is 10.9 Å². The van der Waals surface area contributed by atoms with Crippen molar-refractivity contribution in [2.45, 2.75) is 26.7 Å². The number of ether oxygens (including phenoxy) is 2. The maximum atomic E-state index is 9.94. The van der Waals surface area contributed by atoms with Gasteiger partial charge in [0.05, 0.1) is 64.1 Å². The van der Waals surface area contributed by atoms with Crippen molar-refractivity contribution in [3.63, 3.8) is 0 Å². The van der Waals surface area contributed by atoms with E-state index in [0.717, 1.165) is 84.7 Å². The summed E-state index contributed by atoms with van der Waals surface area (Å²) in [4.78, 5) is 9.49. The zero-order valence-corrected chi connectivity index (χ0v) is 24.8. The molecular formula is C28H33ClIN5O2. The summed E-state index contributed by atoms with van der Waals surface area (Å²) in [6.07, 6.45) is 3.43. The molecule has 1 aromatic heterocycles. The molecule has 0 atom stereocenters. The average Bonchev–Trinajstić information content (AvgIpc) is 2.90. The van der Waals surface area contributed by atoms with E-state index in [2.05, 4.69) is 63.8 Å². The van der Waals surface area contributed by atoms with Gasteiger partial charge in [-0.25, -0.2) is 0 Å². The summed E-state index contributed by atoms with van der Waals surface area (Å²) in [6, 6.07) is 10.2. The van der Waals surface area contributed by atoms with Gasteiger partial charge in [0.25, 0.3) is 0 Å². The van der Waals surface area contributed by atoms with Crippen molar-refractivity contribution < 1.29 is 9.47 Å². The number of rotatable bonds is 9. The molecule has 0 saturated carbocycles. The predicted molar refractivity (Wildman–Crippen MR) is 159 cm³/mol. The highest BCUT2D eigenvalue weighted by Crippen LogP contribution is 2.43. The third-order valence-electron chi connectivity index (χ3n) is 6.87. The fourth-order valence-electron chi connectivity index (χ4n) is 4.63. The van der Waals surface area contributed by atoms with E-state index in [1.807, 2.05) is 28.2 Å². The number of anilines is 2. The normalized spacial score (nSPS) is 14.5. The molecule has 0 aliphatic carbocycles. The van der Waals surface area contributed by atoms with E-state index in [1.165, 1.54) is 0 Å². The molecule has 0 unspecified atom stereocenters. The lowest BCUT2D eigenvalue weighted by atomic mass is 10.0. The smallest absolute Gasteiger partial charge is 0.139 e. The van der Waals surface area contributed by atoms with Gasteiger partial charge < -0.3 is 19.3 Å². The molecule has 1 fully saturated rings. The Morgan fingerprint density at radius 1 is 1.16 bits per heavy atom. The largest absolute Gasteiger partial charge is 0.495 e. The number of benzene rings is 2. The molecule has 4 rings (SSSR count). The lowest BCUT2D eigenvalue weighted by molar-refractivity contribution is 0.145. The second-order valence-corrected chi connectivity index (χ2v) is 10.7. The highest BCUT2D eigenvalue weighted by Gasteiger charge is 2.21. The molecule has 196 valence electrons. The van der Waals surface area contributed by atoms with E-state index in [0.29, 0.717) is 22.9 Å². The van der Waals surface area contributed by atoms with E-state index in [9.17, 15) is 5.26 Å². The zero-order chi connectivity index (χ0) is 26.5. The van der Waals surface area contributed by atoms with Crippen LogP contribution in [0.1, 0.15) is 30.0 Å². The van der Waals surface area contributed by atoms with Gasteiger partial charge in [-0.1, -0.05) is 18.5 Å². The molecule has 1 aliphatic rings. The second kappa shape index (κ2) is 12.5. The molecule has 3 aromatic rings. The van der Waals surface area contributed by atoms with Crippen LogP contribution in [0.2, 0.25) is 5.02 Å². The monoisotopic (exact) mass is 633 g/mol. The van der Waals surface area contributed by atoms with E-state index in [-0.39, 0.29) is 0 Å². The number of piperazine rings is 1. The highest BCUT2D eigenvalue weighted by molar-refractivity contribution is 14.1. The van der Waals surface area contributed by atoms with Crippen LogP contribution >= 0.6 is 34.5 Å². The number of fused-ring (bicyclic) bond motifs is 1. The summed E-state index contributed by atoms with van der Waals surface area (Å²) in [5.74, 6) is 1.45. The summed E-state index contributed by atoms with van der Waals surface area (Å²) in [5, 5.41) is 11.4. The van der Waals surface area contributed by atoms with Crippen molar-refractivity contribution in [3.05, 3.63) is 52.2 Å². The summed E-state index contributed by atoms with van der Waals surface area (Å²) in [5.41, 5.74) is 5.05. The van der Waals surface area contributed by atoms with Gasteiger partial charge in [0.15, 0.2) is 0 Å². The van der Waals surface area contributed by atoms with Crippen LogP contribution in [-0.2, 0) is 6.42 Å². The molecule has 0 N–H and O–H groups in total. The molecule has 9 heteroatoms. The minimum atomic E-state index is 0.498. The van der Waals surface area contributed by atoms with Gasteiger partial charge >= 0.3 is 0 Å². The molecule has 0 spiro atoms.